The zero-order valence-corrected chi connectivity index (χ0v) is 10.1. The first kappa shape index (κ1) is 18.4. The van der Waals surface area contributed by atoms with Crippen molar-refractivity contribution in [1.29, 1.82) is 0 Å². The molecule has 0 aromatic heterocycles. The number of aliphatic carboxylic acids is 3. The van der Waals surface area contributed by atoms with Crippen molar-refractivity contribution in [2.24, 2.45) is 11.7 Å². The highest BCUT2D eigenvalue weighted by atomic mass is 16.4. The van der Waals surface area contributed by atoms with Gasteiger partial charge in [-0.05, 0) is 5.92 Å². The summed E-state index contributed by atoms with van der Waals surface area (Å²) in [5.74, 6) is -4.73. The maximum Gasteiger partial charge on any atom is 0.372 e. The van der Waals surface area contributed by atoms with Gasteiger partial charge < -0.3 is 21.1 Å². The molecule has 0 saturated heterocycles. The van der Waals surface area contributed by atoms with E-state index in [0.717, 1.165) is 0 Å². The Morgan fingerprint density at radius 2 is 1.44 bits per heavy atom. The van der Waals surface area contributed by atoms with E-state index in [1.807, 2.05) is 0 Å². The minimum Gasteiger partial charge on any atom is -0.481 e. The molecule has 0 aromatic carbocycles. The maximum atomic E-state index is 10.2. The molecule has 0 aliphatic rings. The fraction of sp³-hybridized carbons (Fsp3) is 0.600. The van der Waals surface area contributed by atoms with Crippen LogP contribution in [0, 0.1) is 5.92 Å². The molecular formula is C10H17NO7. The van der Waals surface area contributed by atoms with Crippen LogP contribution in [-0.4, -0.2) is 45.1 Å². The Morgan fingerprint density at radius 1 is 1.00 bits per heavy atom. The van der Waals surface area contributed by atoms with E-state index < -0.39 is 42.6 Å². The zero-order valence-electron chi connectivity index (χ0n) is 10.1. The van der Waals surface area contributed by atoms with Gasteiger partial charge in [0, 0.05) is 6.42 Å². The molecule has 1 atom stereocenters. The lowest BCUT2D eigenvalue weighted by atomic mass is 10.1. The van der Waals surface area contributed by atoms with Crippen LogP contribution in [0.4, 0.5) is 0 Å². The number of hydrogen-bond donors (Lipinski definition) is 4. The van der Waals surface area contributed by atoms with E-state index in [-0.39, 0.29) is 5.92 Å². The first-order chi connectivity index (χ1) is 8.09. The van der Waals surface area contributed by atoms with Gasteiger partial charge in [0.1, 0.15) is 6.04 Å². The quantitative estimate of drug-likeness (QED) is 0.470. The summed E-state index contributed by atoms with van der Waals surface area (Å²) in [4.78, 5) is 39.8. The maximum absolute atomic E-state index is 10.2. The molecule has 104 valence electrons. The van der Waals surface area contributed by atoms with E-state index in [1.165, 1.54) is 0 Å². The molecule has 0 aromatic rings. The number of ketones is 1. The first-order valence-corrected chi connectivity index (χ1v) is 5.05. The summed E-state index contributed by atoms with van der Waals surface area (Å²) >= 11 is 0. The molecular weight excluding hydrogens is 246 g/mol. The smallest absolute Gasteiger partial charge is 0.372 e. The van der Waals surface area contributed by atoms with Crippen molar-refractivity contribution in [2.75, 3.05) is 0 Å². The predicted octanol–water partition coefficient (Wildman–Crippen LogP) is -0.441. The number of carbonyl (C=O) groups is 4. The van der Waals surface area contributed by atoms with Crippen molar-refractivity contribution < 1.29 is 34.5 Å². The number of carboxylic acids is 3. The third-order valence-corrected chi connectivity index (χ3v) is 1.81. The third kappa shape index (κ3) is 10.6. The van der Waals surface area contributed by atoms with Crippen molar-refractivity contribution in [3.63, 3.8) is 0 Å². The highest BCUT2D eigenvalue weighted by molar-refractivity contribution is 6.32. The molecule has 0 heterocycles. The molecule has 8 nitrogen and oxygen atoms in total. The molecule has 0 saturated carbocycles. The average Bonchev–Trinajstić information content (AvgIpc) is 2.24. The SMILES string of the molecule is CC(C)C(N)C(=O)O.O=C(O)CCC(=O)C(=O)O. The molecule has 1 unspecified atom stereocenters. The second kappa shape index (κ2) is 9.11. The van der Waals surface area contributed by atoms with Crippen LogP contribution in [0.3, 0.4) is 0 Å². The lowest BCUT2D eigenvalue weighted by molar-refractivity contribution is -0.149. The van der Waals surface area contributed by atoms with Gasteiger partial charge in [0.15, 0.2) is 0 Å². The first-order valence-electron chi connectivity index (χ1n) is 5.05. The Balaban J connectivity index is 0. The van der Waals surface area contributed by atoms with Gasteiger partial charge in [0.05, 0.1) is 6.42 Å². The van der Waals surface area contributed by atoms with Crippen LogP contribution in [0.15, 0.2) is 0 Å². The number of nitrogens with two attached hydrogens (primary N) is 1. The molecule has 0 rings (SSSR count). The molecule has 0 aliphatic heterocycles. The van der Waals surface area contributed by atoms with Crippen molar-refractivity contribution in [1.82, 2.24) is 0 Å². The van der Waals surface area contributed by atoms with Gasteiger partial charge in [0.2, 0.25) is 5.78 Å². The van der Waals surface area contributed by atoms with E-state index in [4.69, 9.17) is 21.1 Å². The molecule has 0 radical (unpaired) electrons. The fourth-order valence-corrected chi connectivity index (χ4v) is 0.613. The molecule has 0 fully saturated rings. The highest BCUT2D eigenvalue weighted by Crippen LogP contribution is 1.96. The fourth-order valence-electron chi connectivity index (χ4n) is 0.613. The van der Waals surface area contributed by atoms with Gasteiger partial charge >= 0.3 is 17.9 Å². The van der Waals surface area contributed by atoms with Crippen LogP contribution < -0.4 is 5.73 Å². The lowest BCUT2D eigenvalue weighted by Gasteiger charge is -2.07. The highest BCUT2D eigenvalue weighted by Gasteiger charge is 2.14. The van der Waals surface area contributed by atoms with Crippen LogP contribution in [-0.2, 0) is 19.2 Å². The normalized spacial score (nSPS) is 11.1. The number of rotatable bonds is 6. The Labute approximate surface area is 103 Å². The molecule has 8 heteroatoms. The van der Waals surface area contributed by atoms with Gasteiger partial charge in [-0.25, -0.2) is 4.79 Å². The monoisotopic (exact) mass is 263 g/mol. The molecule has 0 aliphatic carbocycles. The average molecular weight is 263 g/mol. The predicted molar refractivity (Wildman–Crippen MR) is 60.0 cm³/mol. The van der Waals surface area contributed by atoms with Crippen LogP contribution in [0.25, 0.3) is 0 Å². The Hall–Kier alpha value is -1.96. The van der Waals surface area contributed by atoms with Crippen LogP contribution in [0.5, 0.6) is 0 Å². The van der Waals surface area contributed by atoms with E-state index in [9.17, 15) is 19.2 Å². The summed E-state index contributed by atoms with van der Waals surface area (Å²) in [5.41, 5.74) is 5.16. The number of hydrogen-bond acceptors (Lipinski definition) is 5. The topological polar surface area (TPSA) is 155 Å². The summed E-state index contributed by atoms with van der Waals surface area (Å²) < 4.78 is 0. The summed E-state index contributed by atoms with van der Waals surface area (Å²) in [7, 11) is 0. The molecule has 0 spiro atoms. The van der Waals surface area contributed by atoms with Gasteiger partial charge in [-0.15, -0.1) is 0 Å². The van der Waals surface area contributed by atoms with Crippen molar-refractivity contribution >= 4 is 23.7 Å². The van der Waals surface area contributed by atoms with Gasteiger partial charge in [-0.1, -0.05) is 13.8 Å². The van der Waals surface area contributed by atoms with Gasteiger partial charge in [-0.3, -0.25) is 14.4 Å². The lowest BCUT2D eigenvalue weighted by Crippen LogP contribution is -2.34. The number of Topliss-reactive ketones (excluding diaryl/α,β-unsaturated/α-hetero) is 1. The van der Waals surface area contributed by atoms with E-state index in [1.54, 1.807) is 13.8 Å². The van der Waals surface area contributed by atoms with E-state index >= 15 is 0 Å². The van der Waals surface area contributed by atoms with Crippen molar-refractivity contribution in [2.45, 2.75) is 32.7 Å². The summed E-state index contributed by atoms with van der Waals surface area (Å²) in [6, 6.07) is -0.713. The minimum absolute atomic E-state index is 0.0208. The number of carboxylic acid groups (broad SMARTS) is 3. The molecule has 18 heavy (non-hydrogen) atoms. The van der Waals surface area contributed by atoms with Crippen molar-refractivity contribution in [3.8, 4) is 0 Å². The molecule has 0 amide bonds. The molecule has 0 bridgehead atoms. The second-order valence-corrected chi connectivity index (χ2v) is 3.73. The Morgan fingerprint density at radius 3 is 1.61 bits per heavy atom. The standard InChI is InChI=1S/C5H11NO2.C5H6O5/c1-3(2)4(6)5(7)8;6-3(5(9)10)1-2-4(7)8/h3-4H,6H2,1-2H3,(H,7,8);1-2H2,(H,7,8)(H,9,10). The molecule has 5 N–H and O–H groups in total. The summed E-state index contributed by atoms with van der Waals surface area (Å²) in [5, 5.41) is 24.2. The zero-order chi connectivity index (χ0) is 14.9. The van der Waals surface area contributed by atoms with Gasteiger partial charge in [-0.2, -0.15) is 0 Å². The Bertz CT molecular complexity index is 324. The summed E-state index contributed by atoms with van der Waals surface area (Å²) in [6.45, 7) is 3.55. The van der Waals surface area contributed by atoms with E-state index in [2.05, 4.69) is 0 Å². The Kier molecular flexibility index (Phi) is 9.32. The second-order valence-electron chi connectivity index (χ2n) is 3.73. The minimum atomic E-state index is -1.58. The number of carbonyl (C=O) groups excluding carboxylic acids is 1. The summed E-state index contributed by atoms with van der Waals surface area (Å²) in [6.07, 6.45) is -0.865. The third-order valence-electron chi connectivity index (χ3n) is 1.81. The largest absolute Gasteiger partial charge is 0.481 e. The van der Waals surface area contributed by atoms with Gasteiger partial charge in [0.25, 0.3) is 0 Å². The van der Waals surface area contributed by atoms with Crippen LogP contribution in [0.1, 0.15) is 26.7 Å². The van der Waals surface area contributed by atoms with Crippen LogP contribution in [0.2, 0.25) is 0 Å². The van der Waals surface area contributed by atoms with Crippen molar-refractivity contribution in [3.05, 3.63) is 0 Å². The van der Waals surface area contributed by atoms with Crippen LogP contribution >= 0.6 is 0 Å². The van der Waals surface area contributed by atoms with E-state index in [0.29, 0.717) is 0 Å².